The fourth-order valence-corrected chi connectivity index (χ4v) is 3.01. The molecule has 1 aromatic carbocycles. The predicted molar refractivity (Wildman–Crippen MR) is 107 cm³/mol. The Morgan fingerprint density at radius 2 is 1.62 bits per heavy atom. The molecule has 8 nitrogen and oxygen atoms in total. The van der Waals surface area contributed by atoms with Gasteiger partial charge in [-0.25, -0.2) is 14.6 Å². The number of hydrogen-bond acceptors (Lipinski definition) is 8. The van der Waals surface area contributed by atoms with Crippen molar-refractivity contribution in [1.29, 1.82) is 5.26 Å². The van der Waals surface area contributed by atoms with Crippen molar-refractivity contribution in [2.75, 3.05) is 39.3 Å². The van der Waals surface area contributed by atoms with Crippen LogP contribution in [0.5, 0.6) is 5.75 Å². The highest BCUT2D eigenvalue weighted by atomic mass is 16.5. The number of anilines is 1. The zero-order valence-electron chi connectivity index (χ0n) is 17.1. The SMILES string of the molecule is CCN(CC)c1nc(C(=O)OC)c(C(=O)OC)c(C#N)c1-c1ccc(OC)cc1. The van der Waals surface area contributed by atoms with Gasteiger partial charge in [0.2, 0.25) is 0 Å². The molecule has 0 unspecified atom stereocenters. The quantitative estimate of drug-likeness (QED) is 0.657. The molecule has 0 bridgehead atoms. The summed E-state index contributed by atoms with van der Waals surface area (Å²) in [5, 5.41) is 9.96. The van der Waals surface area contributed by atoms with Gasteiger partial charge in [-0.2, -0.15) is 5.26 Å². The number of carbonyl (C=O) groups is 2. The Morgan fingerprint density at radius 1 is 1.03 bits per heavy atom. The van der Waals surface area contributed by atoms with Gasteiger partial charge in [0, 0.05) is 18.7 Å². The molecule has 0 amide bonds. The summed E-state index contributed by atoms with van der Waals surface area (Å²) in [5.41, 5.74) is 0.614. The van der Waals surface area contributed by atoms with E-state index in [9.17, 15) is 14.9 Å². The first-order chi connectivity index (χ1) is 14.0. The molecule has 0 saturated carbocycles. The number of pyridine rings is 1. The number of benzene rings is 1. The molecule has 152 valence electrons. The van der Waals surface area contributed by atoms with Crippen molar-refractivity contribution in [3.63, 3.8) is 0 Å². The van der Waals surface area contributed by atoms with E-state index in [4.69, 9.17) is 14.2 Å². The van der Waals surface area contributed by atoms with Crippen LogP contribution < -0.4 is 9.64 Å². The number of esters is 2. The molecule has 29 heavy (non-hydrogen) atoms. The number of nitriles is 1. The zero-order chi connectivity index (χ0) is 21.6. The largest absolute Gasteiger partial charge is 0.497 e. The summed E-state index contributed by atoms with van der Waals surface area (Å²) in [7, 11) is 3.92. The molecule has 0 fully saturated rings. The molecule has 0 N–H and O–H groups in total. The van der Waals surface area contributed by atoms with Gasteiger partial charge in [0.05, 0.1) is 26.9 Å². The van der Waals surface area contributed by atoms with Crippen molar-refractivity contribution >= 4 is 17.8 Å². The normalized spacial score (nSPS) is 10.1. The van der Waals surface area contributed by atoms with E-state index in [1.54, 1.807) is 31.4 Å². The van der Waals surface area contributed by atoms with Crippen LogP contribution in [0.25, 0.3) is 11.1 Å². The average molecular weight is 397 g/mol. The molecule has 1 aromatic heterocycles. The first-order valence-corrected chi connectivity index (χ1v) is 9.01. The molecule has 2 aromatic rings. The van der Waals surface area contributed by atoms with Crippen LogP contribution in [-0.2, 0) is 9.47 Å². The molecule has 0 aliphatic heterocycles. The number of carbonyl (C=O) groups excluding carboxylic acids is 2. The van der Waals surface area contributed by atoms with Crippen LogP contribution in [0, 0.1) is 11.3 Å². The fraction of sp³-hybridized carbons (Fsp3) is 0.333. The highest BCUT2D eigenvalue weighted by Gasteiger charge is 2.31. The number of hydrogen-bond donors (Lipinski definition) is 0. The standard InChI is InChI=1S/C21H23N3O5/c1-6-24(7-2)19-16(13-8-10-14(27-3)11-9-13)15(12-22)17(20(25)28-4)18(23-19)21(26)29-5/h8-11H,6-7H2,1-5H3. The van der Waals surface area contributed by atoms with E-state index in [2.05, 4.69) is 11.1 Å². The monoisotopic (exact) mass is 397 g/mol. The van der Waals surface area contributed by atoms with Crippen molar-refractivity contribution in [1.82, 2.24) is 4.98 Å². The van der Waals surface area contributed by atoms with E-state index < -0.39 is 11.9 Å². The maximum absolute atomic E-state index is 12.5. The second-order valence-corrected chi connectivity index (χ2v) is 5.90. The Morgan fingerprint density at radius 3 is 2.07 bits per heavy atom. The Hall–Kier alpha value is -3.60. The zero-order valence-corrected chi connectivity index (χ0v) is 17.1. The summed E-state index contributed by atoms with van der Waals surface area (Å²) in [4.78, 5) is 31.2. The first-order valence-electron chi connectivity index (χ1n) is 9.01. The average Bonchev–Trinajstić information content (AvgIpc) is 2.77. The van der Waals surface area contributed by atoms with Gasteiger partial charge in [0.1, 0.15) is 23.2 Å². The third kappa shape index (κ3) is 4.14. The molecule has 0 saturated heterocycles. The number of nitrogens with zero attached hydrogens (tertiary/aromatic N) is 3. The van der Waals surface area contributed by atoms with Crippen LogP contribution in [0.2, 0.25) is 0 Å². The van der Waals surface area contributed by atoms with Crippen LogP contribution in [0.4, 0.5) is 5.82 Å². The summed E-state index contributed by atoms with van der Waals surface area (Å²) in [6.45, 7) is 5.02. The highest BCUT2D eigenvalue weighted by molar-refractivity contribution is 6.06. The fourth-order valence-electron chi connectivity index (χ4n) is 3.01. The summed E-state index contributed by atoms with van der Waals surface area (Å²) >= 11 is 0. The molecule has 0 atom stereocenters. The number of methoxy groups -OCH3 is 3. The highest BCUT2D eigenvalue weighted by Crippen LogP contribution is 2.37. The number of ether oxygens (including phenoxy) is 3. The Kier molecular flexibility index (Phi) is 7.15. The Labute approximate surface area is 169 Å². The number of rotatable bonds is 7. The molecule has 0 radical (unpaired) electrons. The minimum absolute atomic E-state index is 0.000633. The second kappa shape index (κ2) is 9.55. The van der Waals surface area contributed by atoms with Gasteiger partial charge < -0.3 is 19.1 Å². The van der Waals surface area contributed by atoms with Crippen molar-refractivity contribution < 1.29 is 23.8 Å². The topological polar surface area (TPSA) is 102 Å². The van der Waals surface area contributed by atoms with E-state index in [0.29, 0.717) is 35.8 Å². The van der Waals surface area contributed by atoms with Crippen molar-refractivity contribution in [2.45, 2.75) is 13.8 Å². The van der Waals surface area contributed by atoms with Gasteiger partial charge >= 0.3 is 11.9 Å². The van der Waals surface area contributed by atoms with Crippen LogP contribution in [0.15, 0.2) is 24.3 Å². The maximum Gasteiger partial charge on any atom is 0.357 e. The predicted octanol–water partition coefficient (Wildman–Crippen LogP) is 3.05. The third-order valence-electron chi connectivity index (χ3n) is 4.50. The smallest absolute Gasteiger partial charge is 0.357 e. The minimum atomic E-state index is -0.838. The lowest BCUT2D eigenvalue weighted by atomic mass is 9.94. The molecule has 0 aliphatic carbocycles. The van der Waals surface area contributed by atoms with Gasteiger partial charge in [-0.05, 0) is 31.5 Å². The molecule has 2 rings (SSSR count). The summed E-state index contributed by atoms with van der Waals surface area (Å²) < 4.78 is 14.8. The van der Waals surface area contributed by atoms with E-state index in [1.165, 1.54) is 14.2 Å². The van der Waals surface area contributed by atoms with Crippen LogP contribution in [0.1, 0.15) is 40.3 Å². The van der Waals surface area contributed by atoms with Gasteiger partial charge in [-0.1, -0.05) is 12.1 Å². The molecule has 0 spiro atoms. The van der Waals surface area contributed by atoms with Crippen molar-refractivity contribution in [3.8, 4) is 22.9 Å². The van der Waals surface area contributed by atoms with Crippen LogP contribution >= 0.6 is 0 Å². The lowest BCUT2D eigenvalue weighted by Crippen LogP contribution is -2.27. The summed E-state index contributed by atoms with van der Waals surface area (Å²) in [5.74, 6) is -0.611. The van der Waals surface area contributed by atoms with Crippen molar-refractivity contribution in [2.24, 2.45) is 0 Å². The molecular weight excluding hydrogens is 374 g/mol. The second-order valence-electron chi connectivity index (χ2n) is 5.90. The van der Waals surface area contributed by atoms with Gasteiger partial charge in [-0.3, -0.25) is 0 Å². The van der Waals surface area contributed by atoms with Gasteiger partial charge in [-0.15, -0.1) is 0 Å². The van der Waals surface area contributed by atoms with E-state index in [0.717, 1.165) is 0 Å². The minimum Gasteiger partial charge on any atom is -0.497 e. The maximum atomic E-state index is 12.5. The lowest BCUT2D eigenvalue weighted by Gasteiger charge is -2.25. The van der Waals surface area contributed by atoms with Crippen molar-refractivity contribution in [3.05, 3.63) is 41.1 Å². The van der Waals surface area contributed by atoms with Gasteiger partial charge in [0.25, 0.3) is 0 Å². The Bertz CT molecular complexity index is 944. The first kappa shape index (κ1) is 21.7. The molecule has 0 aliphatic rings. The van der Waals surface area contributed by atoms with Gasteiger partial charge in [0.15, 0.2) is 5.69 Å². The molecule has 8 heteroatoms. The van der Waals surface area contributed by atoms with E-state index in [1.807, 2.05) is 18.7 Å². The molecule has 1 heterocycles. The lowest BCUT2D eigenvalue weighted by molar-refractivity contribution is 0.0549. The van der Waals surface area contributed by atoms with E-state index >= 15 is 0 Å². The van der Waals surface area contributed by atoms with E-state index in [-0.39, 0.29) is 16.8 Å². The summed E-state index contributed by atoms with van der Waals surface area (Å²) in [6, 6.07) is 9.08. The van der Waals surface area contributed by atoms with Crippen LogP contribution in [0.3, 0.4) is 0 Å². The third-order valence-corrected chi connectivity index (χ3v) is 4.50. The van der Waals surface area contributed by atoms with Crippen LogP contribution in [-0.4, -0.2) is 51.3 Å². The molecular formula is C21H23N3O5. The Balaban J connectivity index is 2.99. The summed E-state index contributed by atoms with van der Waals surface area (Å²) in [6.07, 6.45) is 0. The number of aromatic nitrogens is 1.